The van der Waals surface area contributed by atoms with Crippen molar-refractivity contribution in [1.29, 1.82) is 0 Å². The number of likely N-dealkylation sites (tertiary alicyclic amines) is 1. The van der Waals surface area contributed by atoms with Crippen molar-refractivity contribution >= 4 is 41.0 Å². The molecule has 35 heavy (non-hydrogen) atoms. The van der Waals surface area contributed by atoms with Gasteiger partial charge in [0.1, 0.15) is 10.3 Å². The Labute approximate surface area is 208 Å². The zero-order valence-corrected chi connectivity index (χ0v) is 20.5. The van der Waals surface area contributed by atoms with Crippen LogP contribution < -0.4 is 15.5 Å². The van der Waals surface area contributed by atoms with Gasteiger partial charge in [-0.1, -0.05) is 32.2 Å². The Hall–Kier alpha value is -3.40. The number of thioether (sulfide) groups is 1. The molecular formula is C25H28N6O3S. The molecule has 3 aliphatic rings. The largest absolute Gasteiger partial charge is 0.351 e. The van der Waals surface area contributed by atoms with Crippen LogP contribution in [0.3, 0.4) is 0 Å². The molecule has 1 fully saturated rings. The number of carbonyl (C=O) groups is 3. The first-order valence-electron chi connectivity index (χ1n) is 11.8. The van der Waals surface area contributed by atoms with E-state index in [-0.39, 0.29) is 29.8 Å². The molecule has 5 heterocycles. The number of aromatic nitrogens is 2. The highest BCUT2D eigenvalue weighted by Gasteiger charge is 2.47. The van der Waals surface area contributed by atoms with E-state index in [0.717, 1.165) is 40.5 Å². The van der Waals surface area contributed by atoms with Crippen molar-refractivity contribution in [3.05, 3.63) is 54.5 Å². The van der Waals surface area contributed by atoms with Gasteiger partial charge < -0.3 is 15.5 Å². The summed E-state index contributed by atoms with van der Waals surface area (Å²) in [5.74, 6) is -0.0711. The van der Waals surface area contributed by atoms with Crippen LogP contribution in [0.4, 0.5) is 16.2 Å². The number of urea groups is 1. The Morgan fingerprint density at radius 2 is 2.09 bits per heavy atom. The standard InChI is InChI=1S/C25H28N6O3S/c1-4-19(32)30-11-5-6-15(13-30)28-23(33)22-21-20-18(8-10-27-24(20)35-22)31(25(34)29-21)16-7-9-26-17(12-16)14(2)3/h4,7-10,12,14-15,21-22H,1,5-6,11,13H2,2-3H3,(H,28,33)(H,29,34)/t15?,21?,22-/m1/s1. The second-order valence-electron chi connectivity index (χ2n) is 9.28. The second-order valence-corrected chi connectivity index (χ2v) is 10.4. The Kier molecular flexibility index (Phi) is 6.22. The van der Waals surface area contributed by atoms with Crippen molar-refractivity contribution < 1.29 is 14.4 Å². The van der Waals surface area contributed by atoms with Crippen LogP contribution in [0.2, 0.25) is 0 Å². The fourth-order valence-electron chi connectivity index (χ4n) is 4.88. The van der Waals surface area contributed by atoms with Crippen LogP contribution in [0.15, 0.2) is 48.3 Å². The van der Waals surface area contributed by atoms with Crippen molar-refractivity contribution in [3.8, 4) is 0 Å². The van der Waals surface area contributed by atoms with Gasteiger partial charge in [-0.05, 0) is 43.0 Å². The summed E-state index contributed by atoms with van der Waals surface area (Å²) in [7, 11) is 0. The number of rotatable bonds is 5. The molecule has 10 heteroatoms. The van der Waals surface area contributed by atoms with Crippen molar-refractivity contribution in [2.24, 2.45) is 0 Å². The maximum absolute atomic E-state index is 13.4. The predicted octanol–water partition coefficient (Wildman–Crippen LogP) is 3.27. The van der Waals surface area contributed by atoms with Gasteiger partial charge in [-0.25, -0.2) is 9.78 Å². The van der Waals surface area contributed by atoms with Crippen molar-refractivity contribution in [1.82, 2.24) is 25.5 Å². The monoisotopic (exact) mass is 492 g/mol. The van der Waals surface area contributed by atoms with Gasteiger partial charge in [-0.15, -0.1) is 0 Å². The molecule has 0 radical (unpaired) electrons. The van der Waals surface area contributed by atoms with Gasteiger partial charge in [-0.2, -0.15) is 0 Å². The lowest BCUT2D eigenvalue weighted by Gasteiger charge is -2.35. The molecule has 2 aromatic heterocycles. The zero-order chi connectivity index (χ0) is 24.7. The van der Waals surface area contributed by atoms with Crippen LogP contribution in [-0.2, 0) is 9.59 Å². The lowest BCUT2D eigenvalue weighted by atomic mass is 9.99. The molecule has 0 bridgehead atoms. The van der Waals surface area contributed by atoms with Crippen LogP contribution in [0, 0.1) is 0 Å². The van der Waals surface area contributed by atoms with Crippen LogP contribution in [0.5, 0.6) is 0 Å². The number of pyridine rings is 2. The van der Waals surface area contributed by atoms with Gasteiger partial charge in [0.15, 0.2) is 0 Å². The molecule has 2 aromatic rings. The molecule has 9 nitrogen and oxygen atoms in total. The normalized spacial score (nSPS) is 23.1. The van der Waals surface area contributed by atoms with Gasteiger partial charge >= 0.3 is 6.03 Å². The van der Waals surface area contributed by atoms with Crippen LogP contribution >= 0.6 is 11.8 Å². The minimum atomic E-state index is -0.543. The molecule has 0 aliphatic carbocycles. The van der Waals surface area contributed by atoms with Gasteiger partial charge in [0, 0.05) is 42.8 Å². The average Bonchev–Trinajstić information content (AvgIpc) is 3.23. The Morgan fingerprint density at radius 1 is 1.29 bits per heavy atom. The first kappa shape index (κ1) is 23.3. The van der Waals surface area contributed by atoms with Gasteiger partial charge in [-0.3, -0.25) is 19.5 Å². The van der Waals surface area contributed by atoms with E-state index in [4.69, 9.17) is 0 Å². The summed E-state index contributed by atoms with van der Waals surface area (Å²) in [6.07, 6.45) is 6.30. The highest BCUT2D eigenvalue weighted by Crippen LogP contribution is 2.50. The molecule has 3 aliphatic heterocycles. The lowest BCUT2D eigenvalue weighted by molar-refractivity contribution is -0.129. The van der Waals surface area contributed by atoms with Crippen molar-refractivity contribution in [2.45, 2.75) is 55.0 Å². The Balaban J connectivity index is 1.39. The quantitative estimate of drug-likeness (QED) is 0.621. The predicted molar refractivity (Wildman–Crippen MR) is 134 cm³/mol. The van der Waals surface area contributed by atoms with Gasteiger partial charge in [0.25, 0.3) is 0 Å². The highest BCUT2D eigenvalue weighted by atomic mass is 32.2. The molecule has 2 unspecified atom stereocenters. The summed E-state index contributed by atoms with van der Waals surface area (Å²) in [5.41, 5.74) is 3.20. The summed E-state index contributed by atoms with van der Waals surface area (Å²) in [4.78, 5) is 50.9. The number of hydrogen-bond donors (Lipinski definition) is 2. The minimum absolute atomic E-state index is 0.128. The van der Waals surface area contributed by atoms with Crippen molar-refractivity contribution in [2.75, 3.05) is 18.0 Å². The maximum Gasteiger partial charge on any atom is 0.327 e. The molecule has 2 N–H and O–H groups in total. The maximum atomic E-state index is 13.4. The summed E-state index contributed by atoms with van der Waals surface area (Å²) in [6.45, 7) is 8.79. The first-order valence-corrected chi connectivity index (χ1v) is 12.7. The molecule has 0 spiro atoms. The third kappa shape index (κ3) is 4.27. The number of piperidine rings is 1. The Morgan fingerprint density at radius 3 is 2.86 bits per heavy atom. The third-order valence-corrected chi connectivity index (χ3v) is 7.92. The summed E-state index contributed by atoms with van der Waals surface area (Å²) >= 11 is 1.37. The van der Waals surface area contributed by atoms with E-state index in [1.807, 2.05) is 18.2 Å². The number of nitrogens with zero attached hydrogens (tertiary/aromatic N) is 4. The molecule has 3 atom stereocenters. The van der Waals surface area contributed by atoms with E-state index < -0.39 is 11.3 Å². The summed E-state index contributed by atoms with van der Waals surface area (Å²) in [5, 5.41) is 6.34. The van der Waals surface area contributed by atoms with Crippen molar-refractivity contribution in [3.63, 3.8) is 0 Å². The number of anilines is 2. The molecule has 0 aromatic carbocycles. The smallest absolute Gasteiger partial charge is 0.327 e. The molecule has 182 valence electrons. The lowest BCUT2D eigenvalue weighted by Crippen LogP contribution is -2.53. The van der Waals surface area contributed by atoms with Gasteiger partial charge in [0.2, 0.25) is 11.8 Å². The van der Waals surface area contributed by atoms with E-state index in [9.17, 15) is 14.4 Å². The second kappa shape index (κ2) is 9.33. The summed E-state index contributed by atoms with van der Waals surface area (Å²) < 4.78 is 0. The number of nitrogens with one attached hydrogen (secondary N) is 2. The number of carbonyl (C=O) groups excluding carboxylic acids is 3. The molecule has 4 amide bonds. The molecule has 5 rings (SSSR count). The minimum Gasteiger partial charge on any atom is -0.351 e. The van der Waals surface area contributed by atoms with E-state index in [1.165, 1.54) is 17.8 Å². The molecular weight excluding hydrogens is 464 g/mol. The zero-order valence-electron chi connectivity index (χ0n) is 19.7. The summed E-state index contributed by atoms with van der Waals surface area (Å²) in [6, 6.07) is 4.64. The van der Waals surface area contributed by atoms with Gasteiger partial charge in [0.05, 0.1) is 17.4 Å². The first-order chi connectivity index (χ1) is 16.9. The van der Waals surface area contributed by atoms with Crippen LogP contribution in [0.1, 0.15) is 49.9 Å². The highest BCUT2D eigenvalue weighted by molar-refractivity contribution is 8.01. The van der Waals surface area contributed by atoms with E-state index in [1.54, 1.807) is 22.2 Å². The third-order valence-electron chi connectivity index (χ3n) is 6.63. The average molecular weight is 493 g/mol. The SMILES string of the molecule is C=CC(=O)N1CCCC(NC(=O)[C@@H]2Sc3nccc4c3C2NC(=O)N4c2ccnc(C(C)C)c2)C1. The van der Waals surface area contributed by atoms with Crippen LogP contribution in [0.25, 0.3) is 0 Å². The fourth-order valence-corrected chi connectivity index (χ4v) is 6.12. The molecule has 0 saturated carbocycles. The Bertz CT molecular complexity index is 1200. The van der Waals surface area contributed by atoms with E-state index >= 15 is 0 Å². The fraction of sp³-hybridized carbons (Fsp3) is 0.400. The van der Waals surface area contributed by atoms with E-state index in [0.29, 0.717) is 13.1 Å². The number of hydrogen-bond acceptors (Lipinski definition) is 6. The van der Waals surface area contributed by atoms with Crippen LogP contribution in [-0.4, -0.2) is 57.1 Å². The number of amides is 4. The van der Waals surface area contributed by atoms with E-state index in [2.05, 4.69) is 41.0 Å². The molecule has 1 saturated heterocycles. The topological polar surface area (TPSA) is 108 Å².